The van der Waals surface area contributed by atoms with Crippen molar-refractivity contribution in [3.63, 3.8) is 0 Å². The number of nitro groups is 1. The average molecular weight is 274 g/mol. The van der Waals surface area contributed by atoms with Crippen LogP contribution in [0.1, 0.15) is 17.3 Å². The van der Waals surface area contributed by atoms with Gasteiger partial charge in [0.15, 0.2) is 6.04 Å². The molecule has 0 aromatic carbocycles. The van der Waals surface area contributed by atoms with E-state index in [1.807, 2.05) is 0 Å². The minimum absolute atomic E-state index is 0.0152. The zero-order valence-corrected chi connectivity index (χ0v) is 10.0. The van der Waals surface area contributed by atoms with Gasteiger partial charge in [0, 0.05) is 11.4 Å². The van der Waals surface area contributed by atoms with E-state index < -0.39 is 28.9 Å². The number of rotatable bonds is 5. The first kappa shape index (κ1) is 14.1. The van der Waals surface area contributed by atoms with Crippen LogP contribution in [-0.2, 0) is 4.79 Å². The Balaban J connectivity index is 2.80. The highest BCUT2D eigenvalue weighted by molar-refractivity contribution is 7.13. The Morgan fingerprint density at radius 1 is 1.56 bits per heavy atom. The minimum Gasteiger partial charge on any atom is -0.480 e. The molecule has 1 aromatic rings. The van der Waals surface area contributed by atoms with Crippen molar-refractivity contribution in [3.8, 4) is 0 Å². The van der Waals surface area contributed by atoms with Crippen molar-refractivity contribution in [2.75, 3.05) is 0 Å². The van der Waals surface area contributed by atoms with Gasteiger partial charge in [0.2, 0.25) is 0 Å². The van der Waals surface area contributed by atoms with Gasteiger partial charge >= 0.3 is 11.0 Å². The number of carboxylic acids is 1. The molecule has 8 nitrogen and oxygen atoms in total. The molecule has 0 saturated carbocycles. The first-order valence-corrected chi connectivity index (χ1v) is 5.65. The van der Waals surface area contributed by atoms with Gasteiger partial charge in [0.05, 0.1) is 16.6 Å². The number of aliphatic carboxylic acids is 1. The summed E-state index contributed by atoms with van der Waals surface area (Å²) in [6.45, 7) is 1.22. The van der Waals surface area contributed by atoms with Gasteiger partial charge in [-0.15, -0.1) is 0 Å². The molecule has 18 heavy (non-hydrogen) atoms. The van der Waals surface area contributed by atoms with E-state index in [1.165, 1.54) is 12.3 Å². The van der Waals surface area contributed by atoms with E-state index in [-0.39, 0.29) is 10.6 Å². The normalized spacial score (nSPS) is 13.7. The number of nitrogens with zero attached hydrogens (tertiary/aromatic N) is 1. The summed E-state index contributed by atoms with van der Waals surface area (Å²) in [7, 11) is 0. The highest BCUT2D eigenvalue weighted by Gasteiger charge is 2.26. The number of hydrogen-bond acceptors (Lipinski definition) is 6. The van der Waals surface area contributed by atoms with Gasteiger partial charge in [-0.1, -0.05) is 11.3 Å². The van der Waals surface area contributed by atoms with E-state index in [9.17, 15) is 24.8 Å². The Morgan fingerprint density at radius 2 is 2.17 bits per heavy atom. The fourth-order valence-corrected chi connectivity index (χ4v) is 1.86. The quantitative estimate of drug-likeness (QED) is 0.520. The lowest BCUT2D eigenvalue weighted by Gasteiger charge is -2.16. The third kappa shape index (κ3) is 3.25. The number of carboxylic acid groups (broad SMARTS) is 1. The maximum absolute atomic E-state index is 11.6. The first-order valence-electron chi connectivity index (χ1n) is 4.77. The second kappa shape index (κ2) is 5.56. The maximum Gasteiger partial charge on any atom is 0.328 e. The highest BCUT2D eigenvalue weighted by atomic mass is 32.1. The molecule has 0 radical (unpaired) electrons. The van der Waals surface area contributed by atoms with Crippen LogP contribution in [0.3, 0.4) is 0 Å². The minimum atomic E-state index is -1.46. The molecule has 9 heteroatoms. The Labute approximate surface area is 105 Å². The van der Waals surface area contributed by atoms with Gasteiger partial charge in [-0.05, 0) is 6.92 Å². The predicted octanol–water partition coefficient (Wildman–Crippen LogP) is 0.220. The molecule has 1 heterocycles. The standard InChI is InChI=1S/C9H10N2O6S/c1-4(12)7(9(14)15)10-8(13)5-2-6(11(16)17)18-3-5/h2-4,7,12H,1H3,(H,10,13)(H,14,15). The summed E-state index contributed by atoms with van der Waals surface area (Å²) < 4.78 is 0. The van der Waals surface area contributed by atoms with Gasteiger partial charge < -0.3 is 15.5 Å². The molecule has 2 unspecified atom stereocenters. The van der Waals surface area contributed by atoms with E-state index in [2.05, 4.69) is 5.32 Å². The monoisotopic (exact) mass is 274 g/mol. The van der Waals surface area contributed by atoms with Gasteiger partial charge in [0.1, 0.15) is 0 Å². The molecule has 0 fully saturated rings. The van der Waals surface area contributed by atoms with Crippen molar-refractivity contribution in [2.45, 2.75) is 19.1 Å². The summed E-state index contributed by atoms with van der Waals surface area (Å²) >= 11 is 0.760. The van der Waals surface area contributed by atoms with Crippen molar-refractivity contribution < 1.29 is 24.7 Å². The molecule has 0 spiro atoms. The zero-order chi connectivity index (χ0) is 13.9. The average Bonchev–Trinajstić information content (AvgIpc) is 2.73. The summed E-state index contributed by atoms with van der Waals surface area (Å²) in [5.41, 5.74) is -0.0152. The fraction of sp³-hybridized carbons (Fsp3) is 0.333. The van der Waals surface area contributed by atoms with Crippen molar-refractivity contribution in [3.05, 3.63) is 27.1 Å². The number of carbonyl (C=O) groups is 2. The van der Waals surface area contributed by atoms with Crippen LogP contribution in [0, 0.1) is 10.1 Å². The summed E-state index contributed by atoms with van der Waals surface area (Å²) in [5, 5.41) is 31.5. The summed E-state index contributed by atoms with van der Waals surface area (Å²) in [4.78, 5) is 32.1. The molecule has 0 bridgehead atoms. The van der Waals surface area contributed by atoms with Crippen LogP contribution in [0.4, 0.5) is 5.00 Å². The van der Waals surface area contributed by atoms with Crippen LogP contribution in [0.15, 0.2) is 11.4 Å². The molecule has 0 aliphatic carbocycles. The Hall–Kier alpha value is -2.00. The molecule has 0 aliphatic rings. The van der Waals surface area contributed by atoms with Gasteiger partial charge in [0.25, 0.3) is 5.91 Å². The molecule has 0 aliphatic heterocycles. The van der Waals surface area contributed by atoms with Crippen molar-refractivity contribution >= 4 is 28.2 Å². The molecule has 98 valence electrons. The van der Waals surface area contributed by atoms with E-state index in [0.29, 0.717) is 0 Å². The second-order valence-electron chi connectivity index (χ2n) is 3.46. The third-order valence-electron chi connectivity index (χ3n) is 2.06. The third-order valence-corrected chi connectivity index (χ3v) is 2.94. The first-order chi connectivity index (χ1) is 8.32. The van der Waals surface area contributed by atoms with Crippen LogP contribution >= 0.6 is 11.3 Å². The van der Waals surface area contributed by atoms with Crippen LogP contribution in [0.5, 0.6) is 0 Å². The smallest absolute Gasteiger partial charge is 0.328 e. The summed E-state index contributed by atoms with van der Waals surface area (Å²) in [6, 6.07) is -0.419. The van der Waals surface area contributed by atoms with E-state index >= 15 is 0 Å². The predicted molar refractivity (Wildman–Crippen MR) is 61.5 cm³/mol. The Morgan fingerprint density at radius 3 is 2.56 bits per heavy atom. The zero-order valence-electron chi connectivity index (χ0n) is 9.19. The number of thiophene rings is 1. The van der Waals surface area contributed by atoms with Gasteiger partial charge in [-0.25, -0.2) is 4.79 Å². The largest absolute Gasteiger partial charge is 0.480 e. The topological polar surface area (TPSA) is 130 Å². The molecular formula is C9H10N2O6S. The summed E-state index contributed by atoms with van der Waals surface area (Å²) in [5.74, 6) is -2.17. The lowest BCUT2D eigenvalue weighted by Crippen LogP contribution is -2.47. The van der Waals surface area contributed by atoms with Crippen molar-refractivity contribution in [1.29, 1.82) is 0 Å². The van der Waals surface area contributed by atoms with E-state index in [1.54, 1.807) is 0 Å². The highest BCUT2D eigenvalue weighted by Crippen LogP contribution is 2.22. The van der Waals surface area contributed by atoms with E-state index in [4.69, 9.17) is 5.11 Å². The SMILES string of the molecule is CC(O)C(NC(=O)c1csc([N+](=O)[O-])c1)C(=O)O. The molecule has 1 aromatic heterocycles. The van der Waals surface area contributed by atoms with Crippen LogP contribution in [-0.4, -0.2) is 39.2 Å². The second-order valence-corrected chi connectivity index (χ2v) is 4.35. The fourth-order valence-electron chi connectivity index (χ4n) is 1.15. The molecule has 1 rings (SSSR count). The van der Waals surface area contributed by atoms with Gasteiger partial charge in [-0.2, -0.15) is 0 Å². The molecule has 2 atom stereocenters. The maximum atomic E-state index is 11.6. The van der Waals surface area contributed by atoms with Crippen LogP contribution in [0.25, 0.3) is 0 Å². The lowest BCUT2D eigenvalue weighted by molar-refractivity contribution is -0.380. The van der Waals surface area contributed by atoms with Crippen LogP contribution in [0.2, 0.25) is 0 Å². The number of aliphatic hydroxyl groups is 1. The van der Waals surface area contributed by atoms with Crippen molar-refractivity contribution in [1.82, 2.24) is 5.32 Å². The summed E-state index contributed by atoms with van der Waals surface area (Å²) in [6.07, 6.45) is -1.28. The molecule has 1 amide bonds. The van der Waals surface area contributed by atoms with E-state index in [0.717, 1.165) is 17.4 Å². The Kier molecular flexibility index (Phi) is 4.34. The number of nitrogens with one attached hydrogen (secondary N) is 1. The number of aliphatic hydroxyl groups excluding tert-OH is 1. The van der Waals surface area contributed by atoms with Crippen molar-refractivity contribution in [2.24, 2.45) is 0 Å². The Bertz CT molecular complexity index is 483. The molecular weight excluding hydrogens is 264 g/mol. The van der Waals surface area contributed by atoms with Gasteiger partial charge in [-0.3, -0.25) is 14.9 Å². The number of amides is 1. The molecule has 3 N–H and O–H groups in total. The number of hydrogen-bond donors (Lipinski definition) is 3. The van der Waals surface area contributed by atoms with Crippen LogP contribution < -0.4 is 5.32 Å². The number of carbonyl (C=O) groups excluding carboxylic acids is 1. The lowest BCUT2D eigenvalue weighted by atomic mass is 10.1. The molecule has 0 saturated heterocycles.